The first-order valence-corrected chi connectivity index (χ1v) is 10.9. The molecule has 1 N–H and O–H groups in total. The van der Waals surface area contributed by atoms with Crippen molar-refractivity contribution in [3.05, 3.63) is 54.4 Å². The monoisotopic (exact) mass is 444 g/mol. The number of anilines is 1. The third kappa shape index (κ3) is 4.52. The average Bonchev–Trinajstić information content (AvgIpc) is 3.38. The zero-order valence-electron chi connectivity index (χ0n) is 16.8. The third-order valence-electron chi connectivity index (χ3n) is 4.71. The predicted octanol–water partition coefficient (Wildman–Crippen LogP) is 2.36. The molecule has 1 saturated heterocycles. The third-order valence-corrected chi connectivity index (χ3v) is 6.15. The van der Waals surface area contributed by atoms with E-state index in [2.05, 4.69) is 14.9 Å². The highest BCUT2D eigenvalue weighted by molar-refractivity contribution is 7.89. The van der Waals surface area contributed by atoms with Gasteiger partial charge in [-0.05, 0) is 48.5 Å². The first-order valence-electron chi connectivity index (χ1n) is 9.38. The number of aromatic nitrogens is 2. The van der Waals surface area contributed by atoms with Crippen LogP contribution in [0.5, 0.6) is 5.75 Å². The minimum absolute atomic E-state index is 0.0448. The van der Waals surface area contributed by atoms with E-state index in [4.69, 9.17) is 14.0 Å². The normalized spacial score (nSPS) is 16.4. The van der Waals surface area contributed by atoms with Crippen LogP contribution >= 0.6 is 0 Å². The summed E-state index contributed by atoms with van der Waals surface area (Å²) in [5.41, 5.74) is 1.37. The number of carbonyl (C=O) groups excluding carboxylic acids is 1. The van der Waals surface area contributed by atoms with Crippen LogP contribution in [0, 0.1) is 6.92 Å². The molecule has 0 spiro atoms. The molecular weight excluding hydrogens is 424 g/mol. The molecule has 1 unspecified atom stereocenters. The molecule has 1 fully saturated rings. The number of ether oxygens (including phenoxy) is 2. The number of sulfonamides is 1. The highest BCUT2D eigenvalue weighted by atomic mass is 32.2. The van der Waals surface area contributed by atoms with Crippen molar-refractivity contribution in [3.8, 4) is 17.1 Å². The van der Waals surface area contributed by atoms with E-state index in [0.29, 0.717) is 23.2 Å². The molecule has 3 aromatic rings. The van der Waals surface area contributed by atoms with Crippen LogP contribution in [0.2, 0.25) is 0 Å². The van der Waals surface area contributed by atoms with Crippen molar-refractivity contribution in [1.82, 2.24) is 14.9 Å². The second-order valence-corrected chi connectivity index (χ2v) is 8.59. The van der Waals surface area contributed by atoms with Gasteiger partial charge in [-0.15, -0.1) is 0 Å². The van der Waals surface area contributed by atoms with Gasteiger partial charge in [0.05, 0.1) is 18.6 Å². The topological polar surface area (TPSA) is 124 Å². The number of nitrogens with one attached hydrogen (secondary N) is 1. The van der Waals surface area contributed by atoms with Crippen LogP contribution in [0.3, 0.4) is 0 Å². The van der Waals surface area contributed by atoms with Crippen LogP contribution in [0.1, 0.15) is 5.89 Å². The van der Waals surface area contributed by atoms with Crippen LogP contribution in [-0.2, 0) is 14.8 Å². The molecule has 2 aromatic carbocycles. The van der Waals surface area contributed by atoms with Gasteiger partial charge in [-0.1, -0.05) is 5.16 Å². The van der Waals surface area contributed by atoms with E-state index in [-0.39, 0.29) is 18.0 Å². The molecule has 1 aliphatic heterocycles. The molecule has 4 rings (SSSR count). The van der Waals surface area contributed by atoms with Crippen molar-refractivity contribution in [3.63, 3.8) is 0 Å². The first-order chi connectivity index (χ1) is 14.9. The van der Waals surface area contributed by atoms with Crippen molar-refractivity contribution >= 4 is 21.8 Å². The lowest BCUT2D eigenvalue weighted by atomic mass is 10.2. The summed E-state index contributed by atoms with van der Waals surface area (Å²) in [5.74, 6) is 1.47. The van der Waals surface area contributed by atoms with E-state index >= 15 is 0 Å². The molecule has 2 heterocycles. The summed E-state index contributed by atoms with van der Waals surface area (Å²) in [6.07, 6.45) is -1.17. The minimum atomic E-state index is -3.74. The number of amides is 1. The zero-order chi connectivity index (χ0) is 22.0. The Hall–Kier alpha value is -3.44. The van der Waals surface area contributed by atoms with Crippen molar-refractivity contribution in [2.24, 2.45) is 0 Å². The summed E-state index contributed by atoms with van der Waals surface area (Å²) in [4.78, 5) is 18.0. The van der Waals surface area contributed by atoms with E-state index < -0.39 is 22.2 Å². The molecule has 10 nitrogen and oxygen atoms in total. The Bertz CT molecular complexity index is 1180. The van der Waals surface area contributed by atoms with Crippen molar-refractivity contribution in [1.29, 1.82) is 0 Å². The second kappa shape index (κ2) is 8.36. The average molecular weight is 444 g/mol. The first kappa shape index (κ1) is 20.8. The van der Waals surface area contributed by atoms with Gasteiger partial charge in [0.25, 0.3) is 0 Å². The van der Waals surface area contributed by atoms with Crippen molar-refractivity contribution in [2.75, 3.05) is 25.1 Å². The fraction of sp³-hybridized carbons (Fsp3) is 0.250. The van der Waals surface area contributed by atoms with E-state index in [1.807, 2.05) is 0 Å². The summed E-state index contributed by atoms with van der Waals surface area (Å²) >= 11 is 0. The summed E-state index contributed by atoms with van der Waals surface area (Å²) in [6, 6.07) is 13.0. The van der Waals surface area contributed by atoms with Gasteiger partial charge in [0, 0.05) is 24.7 Å². The summed E-state index contributed by atoms with van der Waals surface area (Å²) in [6.45, 7) is 1.87. The van der Waals surface area contributed by atoms with Gasteiger partial charge in [-0.25, -0.2) is 17.9 Å². The molecule has 31 heavy (non-hydrogen) atoms. The Morgan fingerprint density at radius 3 is 2.48 bits per heavy atom. The van der Waals surface area contributed by atoms with Gasteiger partial charge >= 0.3 is 6.09 Å². The van der Waals surface area contributed by atoms with Gasteiger partial charge in [0.15, 0.2) is 0 Å². The number of aryl methyl sites for hydroxylation is 1. The number of cyclic esters (lactones) is 1. The minimum Gasteiger partial charge on any atom is -0.497 e. The molecule has 11 heteroatoms. The van der Waals surface area contributed by atoms with Gasteiger partial charge < -0.3 is 14.0 Å². The summed E-state index contributed by atoms with van der Waals surface area (Å²) < 4.78 is 42.7. The zero-order valence-corrected chi connectivity index (χ0v) is 17.6. The molecule has 1 aliphatic rings. The Morgan fingerprint density at radius 1 is 1.16 bits per heavy atom. The maximum Gasteiger partial charge on any atom is 0.414 e. The molecule has 162 valence electrons. The van der Waals surface area contributed by atoms with Gasteiger partial charge in [-0.3, -0.25) is 4.90 Å². The largest absolute Gasteiger partial charge is 0.497 e. The Balaban J connectivity index is 1.38. The SMILES string of the molecule is COc1ccc(S(=O)(=O)NCC2CN(c3ccc(-c4noc(C)n4)cc3)C(=O)O2)cc1. The summed E-state index contributed by atoms with van der Waals surface area (Å²) in [7, 11) is -2.24. The van der Waals surface area contributed by atoms with Crippen LogP contribution in [0.15, 0.2) is 57.9 Å². The Labute approximate surface area is 178 Å². The van der Waals surface area contributed by atoms with Crippen LogP contribution in [0.25, 0.3) is 11.4 Å². The Morgan fingerprint density at radius 2 is 1.87 bits per heavy atom. The van der Waals surface area contributed by atoms with E-state index in [1.54, 1.807) is 43.3 Å². The van der Waals surface area contributed by atoms with Gasteiger partial charge in [-0.2, -0.15) is 4.98 Å². The molecule has 0 bridgehead atoms. The highest BCUT2D eigenvalue weighted by Crippen LogP contribution is 2.25. The van der Waals surface area contributed by atoms with E-state index in [0.717, 1.165) is 5.56 Å². The molecule has 0 radical (unpaired) electrons. The summed E-state index contributed by atoms with van der Waals surface area (Å²) in [5, 5.41) is 3.86. The number of nitrogens with zero attached hydrogens (tertiary/aromatic N) is 3. The smallest absolute Gasteiger partial charge is 0.414 e. The predicted molar refractivity (Wildman–Crippen MR) is 110 cm³/mol. The number of hydrogen-bond donors (Lipinski definition) is 1. The van der Waals surface area contributed by atoms with Crippen LogP contribution < -0.4 is 14.4 Å². The lowest BCUT2D eigenvalue weighted by molar-refractivity contribution is 0.143. The fourth-order valence-electron chi connectivity index (χ4n) is 3.09. The van der Waals surface area contributed by atoms with Gasteiger partial charge in [0.1, 0.15) is 11.9 Å². The molecule has 1 amide bonds. The maximum absolute atomic E-state index is 12.5. The molecule has 1 aromatic heterocycles. The number of methoxy groups -OCH3 is 1. The van der Waals surface area contributed by atoms with Gasteiger partial charge in [0.2, 0.25) is 21.7 Å². The molecule has 0 aliphatic carbocycles. The second-order valence-electron chi connectivity index (χ2n) is 6.83. The quantitative estimate of drug-likeness (QED) is 0.589. The lowest BCUT2D eigenvalue weighted by Gasteiger charge is -2.13. The number of benzene rings is 2. The Kier molecular flexibility index (Phi) is 5.61. The van der Waals surface area contributed by atoms with E-state index in [9.17, 15) is 13.2 Å². The number of hydrogen-bond acceptors (Lipinski definition) is 8. The van der Waals surface area contributed by atoms with Crippen molar-refractivity contribution < 1.29 is 27.2 Å². The van der Waals surface area contributed by atoms with Crippen LogP contribution in [-0.4, -0.2) is 51.0 Å². The number of carbonyl (C=O) groups is 1. The molecular formula is C20H20N4O6S. The number of rotatable bonds is 7. The van der Waals surface area contributed by atoms with E-state index in [1.165, 1.54) is 24.1 Å². The molecule has 1 atom stereocenters. The highest BCUT2D eigenvalue weighted by Gasteiger charge is 2.33. The van der Waals surface area contributed by atoms with Crippen molar-refractivity contribution in [2.45, 2.75) is 17.9 Å². The lowest BCUT2D eigenvalue weighted by Crippen LogP contribution is -2.34. The van der Waals surface area contributed by atoms with Crippen LogP contribution in [0.4, 0.5) is 10.5 Å². The maximum atomic E-state index is 12.5. The molecule has 0 saturated carbocycles. The standard InChI is InChI=1S/C20H20N4O6S/c1-13-22-19(23-30-13)14-3-5-15(6-4-14)24-12-17(29-20(24)25)11-21-31(26,27)18-9-7-16(28-2)8-10-18/h3-10,17,21H,11-12H2,1-2H3. The fourth-order valence-corrected chi connectivity index (χ4v) is 4.15.